The highest BCUT2D eigenvalue weighted by Crippen LogP contribution is 1.95. The summed E-state index contributed by atoms with van der Waals surface area (Å²) in [4.78, 5) is 4.04. The summed E-state index contributed by atoms with van der Waals surface area (Å²) in [5.41, 5.74) is 7.09. The smallest absolute Gasteiger partial charge is 0.0553 e. The molecule has 14 heavy (non-hydrogen) atoms. The lowest BCUT2D eigenvalue weighted by molar-refractivity contribution is 0.989. The van der Waals surface area contributed by atoms with Gasteiger partial charge in [-0.05, 0) is 12.1 Å². The number of halogens is 3. The molecule has 0 spiro atoms. The van der Waals surface area contributed by atoms with Gasteiger partial charge in [0.2, 0.25) is 0 Å². The van der Waals surface area contributed by atoms with E-state index in [2.05, 4.69) is 10.1 Å². The van der Waals surface area contributed by atoms with Gasteiger partial charge in [0.25, 0.3) is 0 Å². The summed E-state index contributed by atoms with van der Waals surface area (Å²) in [6, 6.07) is 3.71. The molecule has 1 aromatic heterocycles. The van der Waals surface area contributed by atoms with Gasteiger partial charge < -0.3 is 11.6 Å². The Morgan fingerprint density at radius 1 is 1.29 bits per heavy atom. The summed E-state index contributed by atoms with van der Waals surface area (Å²) < 4.78 is 0. The second-order valence-corrected chi connectivity index (χ2v) is 2.07. The molecule has 0 saturated heterocycles. The van der Waals surface area contributed by atoms with Crippen LogP contribution in [-0.2, 0) is 6.54 Å². The molecule has 1 rings (SSSR count). The van der Waals surface area contributed by atoms with Gasteiger partial charge in [-0.2, -0.15) is 5.10 Å². The fraction of sp³-hybridized carbons (Fsp3) is 0.143. The maximum atomic E-state index is 5.35. The molecule has 4 nitrogen and oxygen atoms in total. The van der Waals surface area contributed by atoms with E-state index in [0.29, 0.717) is 6.54 Å². The van der Waals surface area contributed by atoms with Gasteiger partial charge in [-0.15, -0.1) is 37.2 Å². The van der Waals surface area contributed by atoms with Gasteiger partial charge in [0.15, 0.2) is 0 Å². The summed E-state index contributed by atoms with van der Waals surface area (Å²) >= 11 is 0. The van der Waals surface area contributed by atoms with Crippen molar-refractivity contribution in [3.63, 3.8) is 0 Å². The van der Waals surface area contributed by atoms with Gasteiger partial charge in [0, 0.05) is 18.3 Å². The van der Waals surface area contributed by atoms with E-state index in [0.717, 1.165) is 11.3 Å². The van der Waals surface area contributed by atoms with Crippen molar-refractivity contribution < 1.29 is 0 Å². The first-order chi connectivity index (χ1) is 5.36. The predicted octanol–water partition coefficient (Wildman–Crippen LogP) is 1.10. The SMILES string of the molecule is Cl.Cl.Cl.NCc1ccc(C=NN)cn1. The van der Waals surface area contributed by atoms with Crippen LogP contribution in [0.15, 0.2) is 23.4 Å². The maximum Gasteiger partial charge on any atom is 0.0553 e. The molecule has 0 amide bonds. The average Bonchev–Trinajstić information content (AvgIpc) is 2.07. The van der Waals surface area contributed by atoms with Gasteiger partial charge >= 0.3 is 0 Å². The number of nitrogens with two attached hydrogens (primary N) is 2. The molecular weight excluding hydrogens is 246 g/mol. The summed E-state index contributed by atoms with van der Waals surface area (Å²) in [6.07, 6.45) is 3.21. The zero-order chi connectivity index (χ0) is 8.10. The van der Waals surface area contributed by atoms with Crippen LogP contribution in [0.2, 0.25) is 0 Å². The van der Waals surface area contributed by atoms with Gasteiger partial charge in [0.05, 0.1) is 11.9 Å². The fourth-order valence-electron chi connectivity index (χ4n) is 0.719. The monoisotopic (exact) mass is 258 g/mol. The molecule has 0 aliphatic rings. The Kier molecular flexibility index (Phi) is 14.4. The average molecular weight is 260 g/mol. The molecule has 1 heterocycles. The normalized spacial score (nSPS) is 8.36. The lowest BCUT2D eigenvalue weighted by Gasteiger charge is -1.94. The molecule has 82 valence electrons. The third-order valence-corrected chi connectivity index (χ3v) is 1.28. The Morgan fingerprint density at radius 3 is 2.29 bits per heavy atom. The van der Waals surface area contributed by atoms with Crippen molar-refractivity contribution in [2.45, 2.75) is 6.54 Å². The van der Waals surface area contributed by atoms with Crippen LogP contribution in [0.5, 0.6) is 0 Å². The molecule has 0 aliphatic carbocycles. The molecule has 0 radical (unpaired) electrons. The quantitative estimate of drug-likeness (QED) is 0.474. The molecule has 0 unspecified atom stereocenters. The minimum atomic E-state index is 0. The van der Waals surface area contributed by atoms with Crippen LogP contribution in [0.4, 0.5) is 0 Å². The van der Waals surface area contributed by atoms with Crippen LogP contribution in [0.1, 0.15) is 11.3 Å². The Hall–Kier alpha value is -0.550. The molecule has 0 saturated carbocycles. The number of hydrogen-bond acceptors (Lipinski definition) is 4. The molecule has 0 atom stereocenters. The van der Waals surface area contributed by atoms with Crippen molar-refractivity contribution in [2.24, 2.45) is 16.7 Å². The second-order valence-electron chi connectivity index (χ2n) is 2.07. The highest BCUT2D eigenvalue weighted by molar-refractivity contribution is 5.86. The van der Waals surface area contributed by atoms with E-state index in [-0.39, 0.29) is 37.2 Å². The molecule has 0 bridgehead atoms. The zero-order valence-electron chi connectivity index (χ0n) is 7.29. The van der Waals surface area contributed by atoms with Crippen molar-refractivity contribution in [2.75, 3.05) is 0 Å². The molecule has 0 fully saturated rings. The second kappa shape index (κ2) is 10.5. The van der Waals surface area contributed by atoms with E-state index < -0.39 is 0 Å². The van der Waals surface area contributed by atoms with Crippen LogP contribution in [-0.4, -0.2) is 11.2 Å². The third-order valence-electron chi connectivity index (χ3n) is 1.28. The van der Waals surface area contributed by atoms with E-state index in [1.165, 1.54) is 6.21 Å². The Bertz CT molecular complexity index is 250. The first kappa shape index (κ1) is 19.1. The van der Waals surface area contributed by atoms with Crippen LogP contribution < -0.4 is 11.6 Å². The van der Waals surface area contributed by atoms with Crippen LogP contribution >= 0.6 is 37.2 Å². The molecule has 7 heteroatoms. The highest BCUT2D eigenvalue weighted by atomic mass is 35.5. The van der Waals surface area contributed by atoms with Crippen molar-refractivity contribution in [3.05, 3.63) is 29.6 Å². The zero-order valence-corrected chi connectivity index (χ0v) is 9.74. The topological polar surface area (TPSA) is 77.3 Å². The summed E-state index contributed by atoms with van der Waals surface area (Å²) in [5.74, 6) is 4.95. The summed E-state index contributed by atoms with van der Waals surface area (Å²) in [7, 11) is 0. The van der Waals surface area contributed by atoms with Crippen LogP contribution in [0, 0.1) is 0 Å². The largest absolute Gasteiger partial charge is 0.325 e. The first-order valence-corrected chi connectivity index (χ1v) is 3.25. The fourth-order valence-corrected chi connectivity index (χ4v) is 0.719. The minimum absolute atomic E-state index is 0. The van der Waals surface area contributed by atoms with Gasteiger partial charge in [-0.3, -0.25) is 4.98 Å². The molecule has 0 aromatic carbocycles. The molecular formula is C7H13Cl3N4. The highest BCUT2D eigenvalue weighted by Gasteiger charge is 1.89. The number of hydrogen-bond donors (Lipinski definition) is 2. The number of pyridine rings is 1. The summed E-state index contributed by atoms with van der Waals surface area (Å²) in [5, 5.41) is 3.37. The van der Waals surface area contributed by atoms with Crippen molar-refractivity contribution in [3.8, 4) is 0 Å². The van der Waals surface area contributed by atoms with E-state index in [1.807, 2.05) is 12.1 Å². The van der Waals surface area contributed by atoms with Gasteiger partial charge in [-0.25, -0.2) is 0 Å². The lowest BCUT2D eigenvalue weighted by Crippen LogP contribution is -1.99. The van der Waals surface area contributed by atoms with Crippen LogP contribution in [0.3, 0.4) is 0 Å². The number of rotatable bonds is 2. The minimum Gasteiger partial charge on any atom is -0.325 e. The Labute approximate surface area is 101 Å². The van der Waals surface area contributed by atoms with E-state index in [1.54, 1.807) is 6.20 Å². The van der Waals surface area contributed by atoms with Crippen LogP contribution in [0.25, 0.3) is 0 Å². The van der Waals surface area contributed by atoms with Crippen molar-refractivity contribution >= 4 is 43.4 Å². The molecule has 0 aliphatic heterocycles. The number of hydrazone groups is 1. The van der Waals surface area contributed by atoms with E-state index in [4.69, 9.17) is 11.6 Å². The van der Waals surface area contributed by atoms with E-state index in [9.17, 15) is 0 Å². The van der Waals surface area contributed by atoms with Gasteiger partial charge in [0.1, 0.15) is 0 Å². The summed E-state index contributed by atoms with van der Waals surface area (Å²) in [6.45, 7) is 0.458. The third kappa shape index (κ3) is 5.99. The van der Waals surface area contributed by atoms with Crippen molar-refractivity contribution in [1.82, 2.24) is 4.98 Å². The maximum absolute atomic E-state index is 5.35. The molecule has 1 aromatic rings. The van der Waals surface area contributed by atoms with Crippen molar-refractivity contribution in [1.29, 1.82) is 0 Å². The first-order valence-electron chi connectivity index (χ1n) is 3.25. The predicted molar refractivity (Wildman–Crippen MR) is 65.7 cm³/mol. The standard InChI is InChI=1S/C7H10N4.3ClH/c8-3-7-2-1-6(4-10-7)5-11-9;;;/h1-2,4-5H,3,8-9H2;3*1H. The van der Waals surface area contributed by atoms with E-state index >= 15 is 0 Å². The Morgan fingerprint density at radius 2 is 1.93 bits per heavy atom. The number of aromatic nitrogens is 1. The Balaban J connectivity index is -0.000000403. The van der Waals surface area contributed by atoms with Gasteiger partial charge in [-0.1, -0.05) is 0 Å². The number of nitrogens with zero attached hydrogens (tertiary/aromatic N) is 2. The molecule has 4 N–H and O–H groups in total. The lowest BCUT2D eigenvalue weighted by atomic mass is 10.3.